The van der Waals surface area contributed by atoms with E-state index in [1.165, 1.54) is 0 Å². The lowest BCUT2D eigenvalue weighted by atomic mass is 10.2. The summed E-state index contributed by atoms with van der Waals surface area (Å²) in [5, 5.41) is 8.94. The van der Waals surface area contributed by atoms with Gasteiger partial charge in [0, 0.05) is 25.9 Å². The zero-order valence-electron chi connectivity index (χ0n) is 11.4. The van der Waals surface area contributed by atoms with Crippen molar-refractivity contribution in [1.29, 1.82) is 5.26 Å². The molecule has 0 aliphatic heterocycles. The van der Waals surface area contributed by atoms with Crippen LogP contribution in [-0.4, -0.2) is 24.1 Å². The summed E-state index contributed by atoms with van der Waals surface area (Å²) in [6, 6.07) is 11.1. The van der Waals surface area contributed by atoms with Gasteiger partial charge in [-0.1, -0.05) is 6.07 Å². The number of methoxy groups -OCH3 is 1. The number of nitrogen functional groups attached to an aromatic ring is 1. The fourth-order valence-corrected chi connectivity index (χ4v) is 1.78. The maximum atomic E-state index is 8.94. The van der Waals surface area contributed by atoms with E-state index in [9.17, 15) is 0 Å². The van der Waals surface area contributed by atoms with Crippen LogP contribution < -0.4 is 10.6 Å². The number of ether oxygens (including phenoxy) is 1. The number of hydrogen-bond donors (Lipinski definition) is 1. The Hall–Kier alpha value is -2.65. The summed E-state index contributed by atoms with van der Waals surface area (Å²) in [5.41, 5.74) is 7.22. The second-order valence-corrected chi connectivity index (χ2v) is 4.22. The first-order valence-corrected chi connectivity index (χ1v) is 6.00. The smallest absolute Gasteiger partial charge is 0.158 e. The molecule has 0 atom stereocenters. The predicted octanol–water partition coefficient (Wildman–Crippen LogP) is 1.84. The first-order chi connectivity index (χ1) is 9.63. The van der Waals surface area contributed by atoms with Gasteiger partial charge in [0.15, 0.2) is 5.82 Å². The lowest BCUT2D eigenvalue weighted by Crippen LogP contribution is -2.14. The van der Waals surface area contributed by atoms with E-state index in [2.05, 4.69) is 16.0 Å². The average Bonchev–Trinajstić information content (AvgIpc) is 2.46. The SMILES string of the molecule is COCc1nc(N)cc(N(C)c2cccc(C#N)c2)n1. The number of anilines is 3. The molecular weight excluding hydrogens is 254 g/mol. The van der Waals surface area contributed by atoms with E-state index < -0.39 is 0 Å². The molecule has 2 aromatic rings. The number of nitrogens with zero attached hydrogens (tertiary/aromatic N) is 4. The Bertz CT molecular complexity index is 650. The number of rotatable bonds is 4. The quantitative estimate of drug-likeness (QED) is 0.911. The second kappa shape index (κ2) is 5.99. The normalized spacial score (nSPS) is 10.1. The van der Waals surface area contributed by atoms with Crippen molar-refractivity contribution < 1.29 is 4.74 Å². The van der Waals surface area contributed by atoms with Gasteiger partial charge in [-0.25, -0.2) is 9.97 Å². The lowest BCUT2D eigenvalue weighted by molar-refractivity contribution is 0.178. The van der Waals surface area contributed by atoms with Crippen LogP contribution in [0.15, 0.2) is 30.3 Å². The molecule has 0 fully saturated rings. The molecule has 102 valence electrons. The van der Waals surface area contributed by atoms with Crippen LogP contribution in [-0.2, 0) is 11.3 Å². The zero-order valence-corrected chi connectivity index (χ0v) is 11.4. The number of nitrogens with two attached hydrogens (primary N) is 1. The first kappa shape index (κ1) is 13.8. The third-order valence-corrected chi connectivity index (χ3v) is 2.76. The Kier molecular flexibility index (Phi) is 4.13. The van der Waals surface area contributed by atoms with Crippen molar-refractivity contribution in [2.75, 3.05) is 24.8 Å². The molecule has 1 aromatic heterocycles. The number of aromatic nitrogens is 2. The Morgan fingerprint density at radius 1 is 1.35 bits per heavy atom. The molecule has 0 unspecified atom stereocenters. The highest BCUT2D eigenvalue weighted by atomic mass is 16.5. The zero-order chi connectivity index (χ0) is 14.5. The summed E-state index contributed by atoms with van der Waals surface area (Å²) in [4.78, 5) is 10.3. The maximum Gasteiger partial charge on any atom is 0.158 e. The molecule has 2 N–H and O–H groups in total. The van der Waals surface area contributed by atoms with Gasteiger partial charge < -0.3 is 15.4 Å². The van der Waals surface area contributed by atoms with E-state index in [1.54, 1.807) is 25.3 Å². The highest BCUT2D eigenvalue weighted by Crippen LogP contribution is 2.23. The van der Waals surface area contributed by atoms with E-state index in [0.717, 1.165) is 5.69 Å². The van der Waals surface area contributed by atoms with Crippen LogP contribution in [0.2, 0.25) is 0 Å². The second-order valence-electron chi connectivity index (χ2n) is 4.22. The van der Waals surface area contributed by atoms with E-state index >= 15 is 0 Å². The van der Waals surface area contributed by atoms with Gasteiger partial charge in [-0.2, -0.15) is 5.26 Å². The topological polar surface area (TPSA) is 88.1 Å². The first-order valence-electron chi connectivity index (χ1n) is 6.00. The van der Waals surface area contributed by atoms with E-state index in [0.29, 0.717) is 29.6 Å². The minimum Gasteiger partial charge on any atom is -0.384 e. The summed E-state index contributed by atoms with van der Waals surface area (Å²) >= 11 is 0. The average molecular weight is 269 g/mol. The van der Waals surface area contributed by atoms with Crippen molar-refractivity contribution in [2.24, 2.45) is 0 Å². The molecule has 20 heavy (non-hydrogen) atoms. The molecule has 0 amide bonds. The van der Waals surface area contributed by atoms with Gasteiger partial charge in [-0.3, -0.25) is 0 Å². The van der Waals surface area contributed by atoms with Gasteiger partial charge in [0.1, 0.15) is 18.2 Å². The van der Waals surface area contributed by atoms with Gasteiger partial charge in [0.05, 0.1) is 11.6 Å². The Labute approximate surface area is 117 Å². The van der Waals surface area contributed by atoms with Crippen LogP contribution in [0.1, 0.15) is 11.4 Å². The molecule has 0 aliphatic rings. The van der Waals surface area contributed by atoms with Crippen molar-refractivity contribution in [3.63, 3.8) is 0 Å². The summed E-state index contributed by atoms with van der Waals surface area (Å²) in [6.07, 6.45) is 0. The Morgan fingerprint density at radius 2 is 2.15 bits per heavy atom. The molecule has 1 aromatic carbocycles. The van der Waals surface area contributed by atoms with Crippen LogP contribution in [0.5, 0.6) is 0 Å². The maximum absolute atomic E-state index is 8.94. The van der Waals surface area contributed by atoms with E-state index in [-0.39, 0.29) is 0 Å². The molecule has 0 aliphatic carbocycles. The predicted molar refractivity (Wildman–Crippen MR) is 76.4 cm³/mol. The number of benzene rings is 1. The van der Waals surface area contributed by atoms with Gasteiger partial charge in [-0.05, 0) is 18.2 Å². The standard InChI is InChI=1S/C14H15N5O/c1-19(11-5-3-4-10(6-11)8-15)14-7-12(16)17-13(18-14)9-20-2/h3-7H,9H2,1-2H3,(H2,16,17,18). The van der Waals surface area contributed by atoms with Crippen molar-refractivity contribution in [1.82, 2.24) is 9.97 Å². The van der Waals surface area contributed by atoms with Crippen molar-refractivity contribution in [3.8, 4) is 6.07 Å². The summed E-state index contributed by atoms with van der Waals surface area (Å²) in [7, 11) is 3.43. The lowest BCUT2D eigenvalue weighted by Gasteiger charge is -2.19. The molecule has 6 nitrogen and oxygen atoms in total. The molecule has 0 radical (unpaired) electrons. The highest BCUT2D eigenvalue weighted by Gasteiger charge is 2.09. The van der Waals surface area contributed by atoms with Crippen LogP contribution in [0.3, 0.4) is 0 Å². The fraction of sp³-hybridized carbons (Fsp3) is 0.214. The summed E-state index contributed by atoms with van der Waals surface area (Å²) < 4.78 is 5.02. The Morgan fingerprint density at radius 3 is 2.85 bits per heavy atom. The van der Waals surface area contributed by atoms with Crippen molar-refractivity contribution in [3.05, 3.63) is 41.7 Å². The largest absolute Gasteiger partial charge is 0.384 e. The van der Waals surface area contributed by atoms with Gasteiger partial charge in [0.2, 0.25) is 0 Å². The summed E-state index contributed by atoms with van der Waals surface area (Å²) in [6.45, 7) is 0.296. The molecule has 0 spiro atoms. The fourth-order valence-electron chi connectivity index (χ4n) is 1.78. The van der Waals surface area contributed by atoms with Crippen LogP contribution in [0.25, 0.3) is 0 Å². The molecule has 2 rings (SSSR count). The third kappa shape index (κ3) is 3.02. The molecule has 1 heterocycles. The monoisotopic (exact) mass is 269 g/mol. The molecule has 6 heteroatoms. The molecule has 0 saturated heterocycles. The number of hydrogen-bond acceptors (Lipinski definition) is 6. The minimum atomic E-state index is 0.296. The van der Waals surface area contributed by atoms with Gasteiger partial charge >= 0.3 is 0 Å². The van der Waals surface area contributed by atoms with E-state index in [4.69, 9.17) is 15.7 Å². The van der Waals surface area contributed by atoms with Gasteiger partial charge in [-0.15, -0.1) is 0 Å². The minimum absolute atomic E-state index is 0.296. The van der Waals surface area contributed by atoms with Crippen LogP contribution in [0, 0.1) is 11.3 Å². The molecule has 0 saturated carbocycles. The van der Waals surface area contributed by atoms with Crippen LogP contribution in [0.4, 0.5) is 17.3 Å². The Balaban J connectivity index is 2.37. The third-order valence-electron chi connectivity index (χ3n) is 2.76. The van der Waals surface area contributed by atoms with Crippen molar-refractivity contribution in [2.45, 2.75) is 6.61 Å². The highest BCUT2D eigenvalue weighted by molar-refractivity contribution is 5.62. The van der Waals surface area contributed by atoms with E-state index in [1.807, 2.05) is 24.1 Å². The van der Waals surface area contributed by atoms with Crippen molar-refractivity contribution >= 4 is 17.3 Å². The molecule has 0 bridgehead atoms. The van der Waals surface area contributed by atoms with Gasteiger partial charge in [0.25, 0.3) is 0 Å². The summed E-state index contributed by atoms with van der Waals surface area (Å²) in [5.74, 6) is 1.55. The number of nitriles is 1. The molecular formula is C14H15N5O. The van der Waals surface area contributed by atoms with Crippen LogP contribution >= 0.6 is 0 Å².